The lowest BCUT2D eigenvalue weighted by Crippen LogP contribution is -2.11. The molecule has 0 aliphatic carbocycles. The summed E-state index contributed by atoms with van der Waals surface area (Å²) >= 11 is 0. The molecule has 142 valence electrons. The van der Waals surface area contributed by atoms with Crippen LogP contribution in [0.3, 0.4) is 0 Å². The SMILES string of the molecule is C[C@@H](Nc1nc2cc[nH]c(=O)c2c2cc(F)ccc12)c1ccc2ccccc2c1. The van der Waals surface area contributed by atoms with Crippen molar-refractivity contribution in [2.45, 2.75) is 13.0 Å². The fraction of sp³-hybridized carbons (Fsp3) is 0.0833. The van der Waals surface area contributed by atoms with E-state index in [1.54, 1.807) is 18.3 Å². The zero-order valence-corrected chi connectivity index (χ0v) is 15.7. The average molecular weight is 383 g/mol. The molecular formula is C24H18FN3O. The van der Waals surface area contributed by atoms with Crippen LogP contribution in [0.2, 0.25) is 0 Å². The molecule has 29 heavy (non-hydrogen) atoms. The van der Waals surface area contributed by atoms with Gasteiger partial charge in [0.2, 0.25) is 0 Å². The summed E-state index contributed by atoms with van der Waals surface area (Å²) in [6, 6.07) is 20.7. The van der Waals surface area contributed by atoms with Crippen molar-refractivity contribution in [2.24, 2.45) is 0 Å². The van der Waals surface area contributed by atoms with Crippen molar-refractivity contribution < 1.29 is 4.39 Å². The van der Waals surface area contributed by atoms with E-state index in [4.69, 9.17) is 0 Å². The topological polar surface area (TPSA) is 57.8 Å². The smallest absolute Gasteiger partial charge is 0.258 e. The lowest BCUT2D eigenvalue weighted by atomic mass is 10.0. The minimum absolute atomic E-state index is 0.0280. The van der Waals surface area contributed by atoms with Crippen molar-refractivity contribution in [3.63, 3.8) is 0 Å². The lowest BCUT2D eigenvalue weighted by Gasteiger charge is -2.18. The first-order valence-corrected chi connectivity index (χ1v) is 9.46. The Morgan fingerprint density at radius 3 is 2.66 bits per heavy atom. The summed E-state index contributed by atoms with van der Waals surface area (Å²) in [6.07, 6.45) is 1.55. The van der Waals surface area contributed by atoms with Crippen LogP contribution in [0.15, 0.2) is 77.7 Å². The van der Waals surface area contributed by atoms with Gasteiger partial charge in [-0.1, -0.05) is 36.4 Å². The molecule has 5 aromatic rings. The molecule has 4 nitrogen and oxygen atoms in total. The molecule has 5 heteroatoms. The Balaban J connectivity index is 1.64. The molecule has 0 saturated carbocycles. The van der Waals surface area contributed by atoms with E-state index in [0.717, 1.165) is 5.56 Å². The van der Waals surface area contributed by atoms with Crippen LogP contribution in [-0.4, -0.2) is 9.97 Å². The molecule has 0 amide bonds. The van der Waals surface area contributed by atoms with Crippen LogP contribution in [-0.2, 0) is 0 Å². The summed E-state index contributed by atoms with van der Waals surface area (Å²) in [4.78, 5) is 19.7. The molecule has 2 aromatic heterocycles. The largest absolute Gasteiger partial charge is 0.363 e. The second-order valence-electron chi connectivity index (χ2n) is 7.19. The monoisotopic (exact) mass is 383 g/mol. The summed E-state index contributed by atoms with van der Waals surface area (Å²) in [7, 11) is 0. The molecule has 3 aromatic carbocycles. The number of nitrogens with one attached hydrogen (secondary N) is 2. The number of fused-ring (bicyclic) bond motifs is 4. The van der Waals surface area contributed by atoms with Crippen LogP contribution in [0.25, 0.3) is 32.4 Å². The van der Waals surface area contributed by atoms with E-state index in [9.17, 15) is 9.18 Å². The van der Waals surface area contributed by atoms with Gasteiger partial charge >= 0.3 is 0 Å². The van der Waals surface area contributed by atoms with Gasteiger partial charge < -0.3 is 10.3 Å². The Bertz CT molecular complexity index is 1440. The summed E-state index contributed by atoms with van der Waals surface area (Å²) in [5, 5.41) is 7.46. The van der Waals surface area contributed by atoms with Crippen molar-refractivity contribution in [3.8, 4) is 0 Å². The minimum atomic E-state index is -0.387. The maximum atomic E-state index is 14.0. The van der Waals surface area contributed by atoms with Crippen LogP contribution < -0.4 is 10.9 Å². The molecule has 0 radical (unpaired) electrons. The molecule has 0 saturated heterocycles. The molecule has 5 rings (SSSR count). The minimum Gasteiger partial charge on any atom is -0.363 e. The normalized spacial score (nSPS) is 12.5. The predicted molar refractivity (Wildman–Crippen MR) is 116 cm³/mol. The predicted octanol–water partition coefficient (Wildman–Crippen LogP) is 5.54. The van der Waals surface area contributed by atoms with Gasteiger partial charge in [0.05, 0.1) is 10.9 Å². The van der Waals surface area contributed by atoms with Crippen LogP contribution in [0.4, 0.5) is 10.2 Å². The molecule has 0 aliphatic rings. The number of aromatic nitrogens is 2. The molecule has 0 spiro atoms. The number of rotatable bonds is 3. The molecular weight excluding hydrogens is 365 g/mol. The van der Waals surface area contributed by atoms with E-state index in [0.29, 0.717) is 27.5 Å². The third kappa shape index (κ3) is 3.01. The van der Waals surface area contributed by atoms with Crippen molar-refractivity contribution in [2.75, 3.05) is 5.32 Å². The van der Waals surface area contributed by atoms with Crippen LogP contribution in [0.5, 0.6) is 0 Å². The summed E-state index contributed by atoms with van der Waals surface area (Å²) in [5.74, 6) is 0.237. The third-order valence-corrected chi connectivity index (χ3v) is 5.30. The fourth-order valence-corrected chi connectivity index (χ4v) is 3.81. The highest BCUT2D eigenvalue weighted by atomic mass is 19.1. The highest BCUT2D eigenvalue weighted by Gasteiger charge is 2.14. The standard InChI is InChI=1S/C24H18FN3O/c1-14(16-7-6-15-4-2-3-5-17(15)12-16)27-23-19-9-8-18(25)13-20(19)22-21(28-23)10-11-26-24(22)29/h2-14H,1H3,(H,26,29)(H,27,28)/t14-/m1/s1. The first-order chi connectivity index (χ1) is 14.1. The maximum Gasteiger partial charge on any atom is 0.258 e. The van der Waals surface area contributed by atoms with Gasteiger partial charge in [0.1, 0.15) is 11.6 Å². The zero-order chi connectivity index (χ0) is 20.0. The van der Waals surface area contributed by atoms with E-state index in [1.165, 1.54) is 22.9 Å². The number of pyridine rings is 2. The Morgan fingerprint density at radius 1 is 0.966 bits per heavy atom. The Labute approximate surface area is 166 Å². The number of aromatic amines is 1. The zero-order valence-electron chi connectivity index (χ0n) is 15.7. The molecule has 0 aliphatic heterocycles. The van der Waals surface area contributed by atoms with Gasteiger partial charge in [0.25, 0.3) is 5.56 Å². The van der Waals surface area contributed by atoms with Crippen LogP contribution in [0.1, 0.15) is 18.5 Å². The van der Waals surface area contributed by atoms with Gasteiger partial charge in [0, 0.05) is 23.0 Å². The number of hydrogen-bond donors (Lipinski definition) is 2. The van der Waals surface area contributed by atoms with Crippen molar-refractivity contribution >= 4 is 38.3 Å². The van der Waals surface area contributed by atoms with Crippen molar-refractivity contribution in [1.29, 1.82) is 0 Å². The first-order valence-electron chi connectivity index (χ1n) is 9.46. The summed E-state index contributed by atoms with van der Waals surface area (Å²) in [6.45, 7) is 2.06. The van der Waals surface area contributed by atoms with Crippen LogP contribution >= 0.6 is 0 Å². The highest BCUT2D eigenvalue weighted by Crippen LogP contribution is 2.31. The number of nitrogens with zero attached hydrogens (tertiary/aromatic N) is 1. The highest BCUT2D eigenvalue weighted by molar-refractivity contribution is 6.09. The van der Waals surface area contributed by atoms with E-state index in [-0.39, 0.29) is 17.4 Å². The third-order valence-electron chi connectivity index (χ3n) is 5.30. The van der Waals surface area contributed by atoms with Crippen molar-refractivity contribution in [3.05, 3.63) is 94.7 Å². The maximum absolute atomic E-state index is 14.0. The summed E-state index contributed by atoms with van der Waals surface area (Å²) < 4.78 is 14.0. The Hall–Kier alpha value is -3.73. The van der Waals surface area contributed by atoms with Gasteiger partial charge in [-0.15, -0.1) is 0 Å². The molecule has 2 N–H and O–H groups in total. The van der Waals surface area contributed by atoms with E-state index < -0.39 is 0 Å². The van der Waals surface area contributed by atoms with E-state index in [2.05, 4.69) is 52.5 Å². The number of halogens is 1. The quantitative estimate of drug-likeness (QED) is 0.402. The molecule has 0 unspecified atom stereocenters. The van der Waals surface area contributed by atoms with Crippen LogP contribution in [0, 0.1) is 5.82 Å². The summed E-state index contributed by atoms with van der Waals surface area (Å²) in [5.41, 5.74) is 1.37. The number of hydrogen-bond acceptors (Lipinski definition) is 3. The van der Waals surface area contributed by atoms with Gasteiger partial charge in [0.15, 0.2) is 0 Å². The van der Waals surface area contributed by atoms with Gasteiger partial charge in [-0.3, -0.25) is 4.79 Å². The average Bonchev–Trinajstić information content (AvgIpc) is 2.73. The van der Waals surface area contributed by atoms with E-state index >= 15 is 0 Å². The van der Waals surface area contributed by atoms with Gasteiger partial charge in [-0.25, -0.2) is 9.37 Å². The lowest BCUT2D eigenvalue weighted by molar-refractivity contribution is 0.630. The molecule has 0 fully saturated rings. The Kier molecular flexibility index (Phi) is 4.02. The molecule has 1 atom stereocenters. The van der Waals surface area contributed by atoms with Gasteiger partial charge in [-0.2, -0.15) is 0 Å². The molecule has 0 bridgehead atoms. The number of H-pyrrole nitrogens is 1. The molecule has 2 heterocycles. The first kappa shape index (κ1) is 17.4. The second kappa shape index (κ2) is 6.71. The fourth-order valence-electron chi connectivity index (χ4n) is 3.81. The number of benzene rings is 3. The van der Waals surface area contributed by atoms with Gasteiger partial charge in [-0.05, 0) is 53.6 Å². The Morgan fingerprint density at radius 2 is 1.79 bits per heavy atom. The number of anilines is 1. The van der Waals surface area contributed by atoms with Crippen molar-refractivity contribution in [1.82, 2.24) is 9.97 Å². The van der Waals surface area contributed by atoms with E-state index in [1.807, 2.05) is 12.1 Å². The second-order valence-corrected chi connectivity index (χ2v) is 7.19.